The first-order chi connectivity index (χ1) is 10.3. The van der Waals surface area contributed by atoms with E-state index in [1.807, 2.05) is 12.3 Å². The number of rotatable bonds is 5. The van der Waals surface area contributed by atoms with Gasteiger partial charge in [0.2, 0.25) is 0 Å². The molecule has 21 heavy (non-hydrogen) atoms. The molecule has 1 atom stereocenters. The second kappa shape index (κ2) is 6.54. The fourth-order valence-electron chi connectivity index (χ4n) is 3.24. The maximum Gasteiger partial charge on any atom is 0.160 e. The van der Waals surface area contributed by atoms with E-state index in [9.17, 15) is 0 Å². The number of hydrogen-bond acceptors (Lipinski definition) is 4. The summed E-state index contributed by atoms with van der Waals surface area (Å²) in [5.41, 5.74) is 1.98. The van der Waals surface area contributed by atoms with Crippen molar-refractivity contribution in [1.82, 2.24) is 19.4 Å². The molecule has 0 spiro atoms. The number of piperidine rings is 1. The fourth-order valence-corrected chi connectivity index (χ4v) is 3.24. The SMILES string of the molecule is CCN1CCCC(c2nc3cccnc3n2CCOC)C1. The highest BCUT2D eigenvalue weighted by atomic mass is 16.5. The molecule has 1 fully saturated rings. The van der Waals surface area contributed by atoms with Crippen LogP contribution < -0.4 is 0 Å². The highest BCUT2D eigenvalue weighted by Crippen LogP contribution is 2.28. The molecule has 1 aliphatic heterocycles. The fraction of sp³-hybridized carbons (Fsp3) is 0.625. The summed E-state index contributed by atoms with van der Waals surface area (Å²) < 4.78 is 7.51. The molecule has 0 radical (unpaired) electrons. The third-order valence-electron chi connectivity index (χ3n) is 4.37. The zero-order valence-corrected chi connectivity index (χ0v) is 13.0. The quantitative estimate of drug-likeness (QED) is 0.846. The van der Waals surface area contributed by atoms with E-state index in [0.717, 1.165) is 30.8 Å². The van der Waals surface area contributed by atoms with E-state index in [1.54, 1.807) is 7.11 Å². The van der Waals surface area contributed by atoms with Crippen LogP contribution in [0.15, 0.2) is 18.3 Å². The Morgan fingerprint density at radius 1 is 1.43 bits per heavy atom. The van der Waals surface area contributed by atoms with Gasteiger partial charge in [-0.1, -0.05) is 6.92 Å². The molecule has 114 valence electrons. The molecule has 0 aliphatic carbocycles. The summed E-state index contributed by atoms with van der Waals surface area (Å²) in [4.78, 5) is 11.9. The molecule has 3 heterocycles. The molecular weight excluding hydrogens is 264 g/mol. The molecule has 0 N–H and O–H groups in total. The lowest BCUT2D eigenvalue weighted by Crippen LogP contribution is -2.35. The van der Waals surface area contributed by atoms with Crippen LogP contribution in [-0.4, -0.2) is 52.8 Å². The number of imidazole rings is 1. The second-order valence-electron chi connectivity index (χ2n) is 5.69. The Labute approximate surface area is 125 Å². The largest absolute Gasteiger partial charge is 0.383 e. The molecule has 0 aromatic carbocycles. The molecular formula is C16H24N4O. The van der Waals surface area contributed by atoms with Gasteiger partial charge >= 0.3 is 0 Å². The maximum atomic E-state index is 5.26. The Balaban J connectivity index is 1.96. The van der Waals surface area contributed by atoms with Crippen LogP contribution in [0.25, 0.3) is 11.2 Å². The van der Waals surface area contributed by atoms with Crippen molar-refractivity contribution in [2.24, 2.45) is 0 Å². The first-order valence-electron chi connectivity index (χ1n) is 7.86. The van der Waals surface area contributed by atoms with Crippen molar-refractivity contribution in [3.8, 4) is 0 Å². The van der Waals surface area contributed by atoms with Gasteiger partial charge in [-0.25, -0.2) is 9.97 Å². The Kier molecular flexibility index (Phi) is 4.51. The van der Waals surface area contributed by atoms with Crippen LogP contribution in [0.5, 0.6) is 0 Å². The molecule has 0 saturated carbocycles. The van der Waals surface area contributed by atoms with Crippen molar-refractivity contribution >= 4 is 11.2 Å². The van der Waals surface area contributed by atoms with Crippen molar-refractivity contribution in [3.05, 3.63) is 24.2 Å². The van der Waals surface area contributed by atoms with Crippen molar-refractivity contribution < 1.29 is 4.74 Å². The van der Waals surface area contributed by atoms with Crippen molar-refractivity contribution in [1.29, 1.82) is 0 Å². The Morgan fingerprint density at radius 2 is 2.33 bits per heavy atom. The molecule has 1 aliphatic rings. The van der Waals surface area contributed by atoms with Crippen molar-refractivity contribution in [2.45, 2.75) is 32.2 Å². The maximum absolute atomic E-state index is 5.26. The highest BCUT2D eigenvalue weighted by molar-refractivity contribution is 5.71. The van der Waals surface area contributed by atoms with E-state index in [-0.39, 0.29) is 0 Å². The smallest absolute Gasteiger partial charge is 0.160 e. The molecule has 0 bridgehead atoms. The summed E-state index contributed by atoms with van der Waals surface area (Å²) >= 11 is 0. The Bertz CT molecular complexity index is 595. The van der Waals surface area contributed by atoms with Crippen LogP contribution in [0.1, 0.15) is 31.5 Å². The lowest BCUT2D eigenvalue weighted by atomic mass is 9.97. The molecule has 1 saturated heterocycles. The number of hydrogen-bond donors (Lipinski definition) is 0. The standard InChI is InChI=1S/C16H24N4O/c1-3-19-9-5-6-13(12-19)15-18-14-7-4-8-17-16(14)20(15)10-11-21-2/h4,7-8,13H,3,5-6,9-12H2,1-2H3. The van der Waals surface area contributed by atoms with Gasteiger partial charge in [0.1, 0.15) is 11.3 Å². The monoisotopic (exact) mass is 288 g/mol. The highest BCUT2D eigenvalue weighted by Gasteiger charge is 2.25. The predicted molar refractivity (Wildman–Crippen MR) is 83.5 cm³/mol. The van der Waals surface area contributed by atoms with Gasteiger partial charge in [-0.05, 0) is 38.1 Å². The van der Waals surface area contributed by atoms with Gasteiger partial charge in [0, 0.05) is 32.3 Å². The average Bonchev–Trinajstić information content (AvgIpc) is 2.91. The summed E-state index contributed by atoms with van der Waals surface area (Å²) in [5, 5.41) is 0. The molecule has 5 nitrogen and oxygen atoms in total. The molecule has 3 rings (SSSR count). The lowest BCUT2D eigenvalue weighted by molar-refractivity contribution is 0.182. The minimum atomic E-state index is 0.504. The van der Waals surface area contributed by atoms with Crippen LogP contribution in [0.4, 0.5) is 0 Å². The molecule has 2 aromatic rings. The third-order valence-corrected chi connectivity index (χ3v) is 4.37. The Hall–Kier alpha value is -1.46. The molecule has 5 heteroatoms. The summed E-state index contributed by atoms with van der Waals surface area (Å²) in [6.45, 7) is 7.18. The van der Waals surface area contributed by atoms with E-state index in [0.29, 0.717) is 12.5 Å². The summed E-state index contributed by atoms with van der Waals surface area (Å²) in [6, 6.07) is 4.01. The van der Waals surface area contributed by atoms with Gasteiger partial charge in [0.05, 0.1) is 6.61 Å². The molecule has 0 amide bonds. The predicted octanol–water partition coefficient (Wildman–Crippen LogP) is 2.28. The van der Waals surface area contributed by atoms with E-state index in [2.05, 4.69) is 27.4 Å². The van der Waals surface area contributed by atoms with Crippen LogP contribution in [-0.2, 0) is 11.3 Å². The Morgan fingerprint density at radius 3 is 3.14 bits per heavy atom. The van der Waals surface area contributed by atoms with Crippen LogP contribution in [0.2, 0.25) is 0 Å². The molecule has 1 unspecified atom stereocenters. The van der Waals surface area contributed by atoms with Crippen molar-refractivity contribution in [2.75, 3.05) is 33.4 Å². The number of methoxy groups -OCH3 is 1. The number of fused-ring (bicyclic) bond motifs is 1. The van der Waals surface area contributed by atoms with E-state index >= 15 is 0 Å². The van der Waals surface area contributed by atoms with Crippen LogP contribution in [0.3, 0.4) is 0 Å². The van der Waals surface area contributed by atoms with Gasteiger partial charge in [-0.15, -0.1) is 0 Å². The number of aromatic nitrogens is 3. The van der Waals surface area contributed by atoms with E-state index < -0.39 is 0 Å². The number of pyridine rings is 1. The van der Waals surface area contributed by atoms with Gasteiger partial charge in [0.25, 0.3) is 0 Å². The van der Waals surface area contributed by atoms with E-state index in [1.165, 1.54) is 25.2 Å². The average molecular weight is 288 g/mol. The summed E-state index contributed by atoms with van der Waals surface area (Å²) in [6.07, 6.45) is 4.31. The zero-order chi connectivity index (χ0) is 14.7. The molecule has 2 aromatic heterocycles. The summed E-state index contributed by atoms with van der Waals surface area (Å²) in [7, 11) is 1.74. The first-order valence-corrected chi connectivity index (χ1v) is 7.86. The number of nitrogens with zero attached hydrogens (tertiary/aromatic N) is 4. The van der Waals surface area contributed by atoms with Gasteiger partial charge < -0.3 is 14.2 Å². The van der Waals surface area contributed by atoms with Crippen molar-refractivity contribution in [3.63, 3.8) is 0 Å². The van der Waals surface area contributed by atoms with E-state index in [4.69, 9.17) is 9.72 Å². The topological polar surface area (TPSA) is 43.2 Å². The number of ether oxygens (including phenoxy) is 1. The normalized spacial score (nSPS) is 20.2. The number of likely N-dealkylation sites (tertiary alicyclic amines) is 1. The number of likely N-dealkylation sites (N-methyl/N-ethyl adjacent to an activating group) is 1. The minimum absolute atomic E-state index is 0.504. The van der Waals surface area contributed by atoms with Gasteiger partial charge in [-0.2, -0.15) is 0 Å². The van der Waals surface area contributed by atoms with Crippen LogP contribution in [0, 0.1) is 0 Å². The second-order valence-corrected chi connectivity index (χ2v) is 5.69. The van der Waals surface area contributed by atoms with Crippen LogP contribution >= 0.6 is 0 Å². The summed E-state index contributed by atoms with van der Waals surface area (Å²) in [5.74, 6) is 1.68. The third kappa shape index (κ3) is 2.94. The first kappa shape index (κ1) is 14.5. The van der Waals surface area contributed by atoms with Gasteiger partial charge in [-0.3, -0.25) is 0 Å². The van der Waals surface area contributed by atoms with Gasteiger partial charge in [0.15, 0.2) is 5.65 Å². The zero-order valence-electron chi connectivity index (χ0n) is 13.0. The lowest BCUT2D eigenvalue weighted by Gasteiger charge is -2.31. The minimum Gasteiger partial charge on any atom is -0.383 e.